The van der Waals surface area contributed by atoms with Crippen LogP contribution in [0.1, 0.15) is 11.6 Å². The first-order valence-electron chi connectivity index (χ1n) is 2.87. The minimum Gasteiger partial charge on any atom is -0.499 e. The standard InChI is InChI=1S/C6H7NO3S/c7-4(5(8)9)3-1-2-11-6(3)10/h1-2,4,10H,7H2,(H,8,9). The summed E-state index contributed by atoms with van der Waals surface area (Å²) in [6, 6.07) is 0.375. The minimum absolute atomic E-state index is 0.0279. The molecule has 1 unspecified atom stereocenters. The number of carboxylic acid groups (broad SMARTS) is 1. The van der Waals surface area contributed by atoms with Gasteiger partial charge < -0.3 is 15.9 Å². The molecular weight excluding hydrogens is 166 g/mol. The second-order valence-electron chi connectivity index (χ2n) is 2.00. The maximum Gasteiger partial charge on any atom is 0.325 e. The van der Waals surface area contributed by atoms with Gasteiger partial charge in [0, 0.05) is 5.56 Å². The molecule has 0 aliphatic heterocycles. The van der Waals surface area contributed by atoms with Crippen molar-refractivity contribution in [2.75, 3.05) is 0 Å². The lowest BCUT2D eigenvalue weighted by molar-refractivity contribution is -0.138. The molecular formula is C6H7NO3S. The first-order valence-corrected chi connectivity index (χ1v) is 3.75. The van der Waals surface area contributed by atoms with E-state index in [4.69, 9.17) is 15.9 Å². The molecule has 0 saturated carbocycles. The number of carboxylic acids is 1. The number of aromatic hydroxyl groups is 1. The number of aliphatic carboxylic acids is 1. The minimum atomic E-state index is -1.14. The van der Waals surface area contributed by atoms with Gasteiger partial charge in [-0.2, -0.15) is 0 Å². The lowest BCUT2D eigenvalue weighted by Gasteiger charge is -2.02. The van der Waals surface area contributed by atoms with Crippen molar-refractivity contribution < 1.29 is 15.0 Å². The normalized spacial score (nSPS) is 12.8. The van der Waals surface area contributed by atoms with Crippen molar-refractivity contribution in [3.05, 3.63) is 17.0 Å². The Morgan fingerprint density at radius 1 is 1.73 bits per heavy atom. The third-order valence-corrected chi connectivity index (χ3v) is 2.01. The fraction of sp³-hybridized carbons (Fsp3) is 0.167. The lowest BCUT2D eigenvalue weighted by Crippen LogP contribution is -2.19. The van der Waals surface area contributed by atoms with E-state index in [1.54, 1.807) is 5.38 Å². The van der Waals surface area contributed by atoms with Crippen molar-refractivity contribution in [2.24, 2.45) is 5.73 Å². The second-order valence-corrected chi connectivity index (χ2v) is 2.89. The Hall–Kier alpha value is -1.07. The van der Waals surface area contributed by atoms with Crippen LogP contribution in [-0.4, -0.2) is 16.2 Å². The SMILES string of the molecule is NC(C(=O)O)c1ccsc1O. The molecule has 1 rings (SSSR count). The fourth-order valence-electron chi connectivity index (χ4n) is 0.681. The van der Waals surface area contributed by atoms with Crippen molar-refractivity contribution in [2.45, 2.75) is 6.04 Å². The molecule has 5 heteroatoms. The molecule has 0 saturated heterocycles. The van der Waals surface area contributed by atoms with E-state index in [0.717, 1.165) is 11.3 Å². The summed E-state index contributed by atoms with van der Waals surface area (Å²) in [5.74, 6) is -1.14. The van der Waals surface area contributed by atoms with Crippen molar-refractivity contribution in [3.8, 4) is 5.06 Å². The quantitative estimate of drug-likeness (QED) is 0.609. The Morgan fingerprint density at radius 2 is 2.36 bits per heavy atom. The molecule has 0 bridgehead atoms. The first kappa shape index (κ1) is 8.03. The number of carbonyl (C=O) groups is 1. The van der Waals surface area contributed by atoms with Crippen LogP contribution < -0.4 is 5.73 Å². The van der Waals surface area contributed by atoms with Gasteiger partial charge in [-0.1, -0.05) is 0 Å². The van der Waals surface area contributed by atoms with Crippen LogP contribution in [0.3, 0.4) is 0 Å². The number of hydrogen-bond donors (Lipinski definition) is 3. The van der Waals surface area contributed by atoms with Gasteiger partial charge in [0.05, 0.1) is 0 Å². The molecule has 4 nitrogen and oxygen atoms in total. The average Bonchev–Trinajstić information content (AvgIpc) is 2.33. The molecule has 4 N–H and O–H groups in total. The zero-order valence-electron chi connectivity index (χ0n) is 5.52. The summed E-state index contributed by atoms with van der Waals surface area (Å²) in [6.07, 6.45) is 0. The Labute approximate surface area is 66.9 Å². The highest BCUT2D eigenvalue weighted by Gasteiger charge is 2.18. The van der Waals surface area contributed by atoms with Crippen molar-refractivity contribution in [1.29, 1.82) is 0 Å². The van der Waals surface area contributed by atoms with E-state index in [0.29, 0.717) is 0 Å². The molecule has 1 aromatic heterocycles. The molecule has 1 heterocycles. The summed E-state index contributed by atoms with van der Waals surface area (Å²) in [5, 5.41) is 19.1. The molecule has 0 aromatic carbocycles. The Kier molecular flexibility index (Phi) is 2.11. The fourth-order valence-corrected chi connectivity index (χ4v) is 1.36. The van der Waals surface area contributed by atoms with E-state index in [-0.39, 0.29) is 10.6 Å². The molecule has 0 aliphatic rings. The zero-order chi connectivity index (χ0) is 8.43. The smallest absolute Gasteiger partial charge is 0.325 e. The Morgan fingerprint density at radius 3 is 2.73 bits per heavy atom. The Balaban J connectivity index is 2.92. The van der Waals surface area contributed by atoms with E-state index in [1.807, 2.05) is 0 Å². The van der Waals surface area contributed by atoms with Crippen LogP contribution in [0.2, 0.25) is 0 Å². The summed E-state index contributed by atoms with van der Waals surface area (Å²) in [5.41, 5.74) is 5.50. The van der Waals surface area contributed by atoms with Crippen molar-refractivity contribution in [1.82, 2.24) is 0 Å². The largest absolute Gasteiger partial charge is 0.499 e. The summed E-state index contributed by atoms with van der Waals surface area (Å²) >= 11 is 1.06. The predicted molar refractivity (Wildman–Crippen MR) is 40.5 cm³/mol. The number of thiophene rings is 1. The van der Waals surface area contributed by atoms with Crippen LogP contribution >= 0.6 is 11.3 Å². The molecule has 1 atom stereocenters. The summed E-state index contributed by atoms with van der Waals surface area (Å²) in [6.45, 7) is 0. The summed E-state index contributed by atoms with van der Waals surface area (Å²) in [7, 11) is 0. The molecule has 60 valence electrons. The average molecular weight is 173 g/mol. The van der Waals surface area contributed by atoms with Crippen LogP contribution in [-0.2, 0) is 4.79 Å². The molecule has 1 aromatic rings. The second kappa shape index (κ2) is 2.89. The van der Waals surface area contributed by atoms with Gasteiger partial charge in [0.1, 0.15) is 6.04 Å². The van der Waals surface area contributed by atoms with Gasteiger partial charge in [0.25, 0.3) is 0 Å². The van der Waals surface area contributed by atoms with Crippen molar-refractivity contribution >= 4 is 17.3 Å². The van der Waals surface area contributed by atoms with Crippen LogP contribution in [0, 0.1) is 0 Å². The van der Waals surface area contributed by atoms with Crippen LogP contribution in [0.4, 0.5) is 0 Å². The monoisotopic (exact) mass is 173 g/mol. The molecule has 0 spiro atoms. The van der Waals surface area contributed by atoms with Gasteiger partial charge in [0.2, 0.25) is 0 Å². The van der Waals surface area contributed by atoms with Gasteiger partial charge in [0.15, 0.2) is 5.06 Å². The zero-order valence-corrected chi connectivity index (χ0v) is 6.34. The van der Waals surface area contributed by atoms with Gasteiger partial charge >= 0.3 is 5.97 Å². The highest BCUT2D eigenvalue weighted by atomic mass is 32.1. The van der Waals surface area contributed by atoms with Gasteiger partial charge in [-0.25, -0.2) is 0 Å². The van der Waals surface area contributed by atoms with E-state index in [9.17, 15) is 4.79 Å². The highest BCUT2D eigenvalue weighted by molar-refractivity contribution is 7.11. The summed E-state index contributed by atoms with van der Waals surface area (Å²) in [4.78, 5) is 10.3. The van der Waals surface area contributed by atoms with E-state index >= 15 is 0 Å². The third kappa shape index (κ3) is 1.50. The molecule has 0 fully saturated rings. The number of hydrogen-bond acceptors (Lipinski definition) is 4. The van der Waals surface area contributed by atoms with Gasteiger partial charge in [-0.05, 0) is 11.4 Å². The maximum atomic E-state index is 10.3. The molecule has 0 aliphatic carbocycles. The topological polar surface area (TPSA) is 83.6 Å². The highest BCUT2D eigenvalue weighted by Crippen LogP contribution is 2.28. The number of nitrogens with two attached hydrogens (primary N) is 1. The van der Waals surface area contributed by atoms with Gasteiger partial charge in [-0.3, -0.25) is 4.79 Å². The van der Waals surface area contributed by atoms with E-state index < -0.39 is 12.0 Å². The third-order valence-electron chi connectivity index (χ3n) is 1.28. The predicted octanol–water partition coefficient (Wildman–Crippen LogP) is 0.538. The van der Waals surface area contributed by atoms with Gasteiger partial charge in [-0.15, -0.1) is 11.3 Å². The Bertz CT molecular complexity index is 271. The molecule has 0 amide bonds. The molecule has 0 radical (unpaired) electrons. The first-order chi connectivity index (χ1) is 5.13. The van der Waals surface area contributed by atoms with E-state index in [2.05, 4.69) is 0 Å². The van der Waals surface area contributed by atoms with Crippen molar-refractivity contribution in [3.63, 3.8) is 0 Å². The van der Waals surface area contributed by atoms with Crippen LogP contribution in [0.15, 0.2) is 11.4 Å². The summed E-state index contributed by atoms with van der Waals surface area (Å²) < 4.78 is 0. The van der Waals surface area contributed by atoms with Crippen LogP contribution in [0.25, 0.3) is 0 Å². The maximum absolute atomic E-state index is 10.3. The molecule has 11 heavy (non-hydrogen) atoms. The van der Waals surface area contributed by atoms with Crippen LogP contribution in [0.5, 0.6) is 5.06 Å². The lowest BCUT2D eigenvalue weighted by atomic mass is 10.2. The van der Waals surface area contributed by atoms with E-state index in [1.165, 1.54) is 6.07 Å². The number of rotatable bonds is 2.